The third-order valence-corrected chi connectivity index (χ3v) is 5.98. The summed E-state index contributed by atoms with van der Waals surface area (Å²) in [4.78, 5) is 34.0. The number of nitrogen functional groups attached to an aromatic ring is 1. The average Bonchev–Trinajstić information content (AvgIpc) is 3.45. The van der Waals surface area contributed by atoms with Gasteiger partial charge in [0.05, 0.1) is 28.7 Å². The van der Waals surface area contributed by atoms with Gasteiger partial charge in [0, 0.05) is 22.6 Å². The highest BCUT2D eigenvalue weighted by Gasteiger charge is 2.24. The molecule has 0 saturated heterocycles. The summed E-state index contributed by atoms with van der Waals surface area (Å²) < 4.78 is 1.33. The Morgan fingerprint density at radius 1 is 1.15 bits per heavy atom. The summed E-state index contributed by atoms with van der Waals surface area (Å²) in [5.41, 5.74) is 8.82. The molecule has 168 valence electrons. The quantitative estimate of drug-likeness (QED) is 0.218. The zero-order chi connectivity index (χ0) is 23.7. The maximum Gasteiger partial charge on any atom is 0.270 e. The number of non-ortho nitro benzene ring substituents is 1. The number of nitrogens with one attached hydrogen (secondary N) is 1. The van der Waals surface area contributed by atoms with E-state index in [-0.39, 0.29) is 17.1 Å². The number of nitrogens with two attached hydrogens (primary N) is 1. The minimum absolute atomic E-state index is 0.0614. The van der Waals surface area contributed by atoms with Gasteiger partial charge in [-0.2, -0.15) is 9.78 Å². The van der Waals surface area contributed by atoms with Crippen LogP contribution >= 0.6 is 11.3 Å². The first kappa shape index (κ1) is 21.2. The summed E-state index contributed by atoms with van der Waals surface area (Å²) in [6, 6.07) is 17.1. The largest absolute Gasteiger partial charge is 0.383 e. The van der Waals surface area contributed by atoms with Crippen LogP contribution in [0.25, 0.3) is 22.2 Å². The van der Waals surface area contributed by atoms with Crippen molar-refractivity contribution in [3.63, 3.8) is 0 Å². The minimum Gasteiger partial charge on any atom is -0.383 e. The molecule has 11 heteroatoms. The van der Waals surface area contributed by atoms with Crippen molar-refractivity contribution in [2.45, 2.75) is 6.54 Å². The van der Waals surface area contributed by atoms with Gasteiger partial charge in [0.15, 0.2) is 5.65 Å². The zero-order valence-electron chi connectivity index (χ0n) is 17.6. The molecule has 0 aliphatic rings. The van der Waals surface area contributed by atoms with Gasteiger partial charge < -0.3 is 11.1 Å². The smallest absolute Gasteiger partial charge is 0.270 e. The zero-order valence-corrected chi connectivity index (χ0v) is 18.4. The van der Waals surface area contributed by atoms with E-state index in [0.29, 0.717) is 34.3 Å². The SMILES string of the molecule is Nc1c(C(=O)NCc2cccs2)c2nc3ccccc3nc2n1/N=C\c1cccc([N+](=O)[O-])c1. The molecular formula is C23H17N7O3S. The predicted molar refractivity (Wildman–Crippen MR) is 131 cm³/mol. The van der Waals surface area contributed by atoms with Gasteiger partial charge in [0.1, 0.15) is 16.9 Å². The predicted octanol–water partition coefficient (Wildman–Crippen LogP) is 3.95. The van der Waals surface area contributed by atoms with Crippen LogP contribution < -0.4 is 11.1 Å². The Kier molecular flexibility index (Phi) is 5.44. The molecule has 3 N–H and O–H groups in total. The van der Waals surface area contributed by atoms with E-state index in [9.17, 15) is 14.9 Å². The Morgan fingerprint density at radius 3 is 2.68 bits per heavy atom. The van der Waals surface area contributed by atoms with E-state index >= 15 is 0 Å². The highest BCUT2D eigenvalue weighted by Crippen LogP contribution is 2.28. The minimum atomic E-state index is -0.482. The molecule has 34 heavy (non-hydrogen) atoms. The highest BCUT2D eigenvalue weighted by atomic mass is 32.1. The lowest BCUT2D eigenvalue weighted by molar-refractivity contribution is -0.384. The van der Waals surface area contributed by atoms with Crippen LogP contribution in [-0.2, 0) is 6.54 Å². The van der Waals surface area contributed by atoms with E-state index in [1.54, 1.807) is 24.3 Å². The Hall–Kier alpha value is -4.64. The topological polar surface area (TPSA) is 141 Å². The maximum absolute atomic E-state index is 13.1. The van der Waals surface area contributed by atoms with Crippen LogP contribution in [-0.4, -0.2) is 31.7 Å². The van der Waals surface area contributed by atoms with Crippen LogP contribution in [0.1, 0.15) is 20.8 Å². The number of rotatable bonds is 6. The molecular weight excluding hydrogens is 454 g/mol. The Morgan fingerprint density at radius 2 is 1.94 bits per heavy atom. The van der Waals surface area contributed by atoms with Crippen molar-refractivity contribution in [2.24, 2.45) is 5.10 Å². The van der Waals surface area contributed by atoms with Gasteiger partial charge in [-0.25, -0.2) is 9.97 Å². The van der Waals surface area contributed by atoms with Crippen LogP contribution in [0.3, 0.4) is 0 Å². The van der Waals surface area contributed by atoms with Crippen LogP contribution in [0.5, 0.6) is 0 Å². The van der Waals surface area contributed by atoms with E-state index in [2.05, 4.69) is 20.4 Å². The second kappa shape index (κ2) is 8.71. The number of carbonyl (C=O) groups is 1. The van der Waals surface area contributed by atoms with E-state index in [1.165, 1.54) is 34.4 Å². The van der Waals surface area contributed by atoms with Gasteiger partial charge >= 0.3 is 0 Å². The number of nitrogens with zero attached hydrogens (tertiary/aromatic N) is 5. The number of hydrogen-bond donors (Lipinski definition) is 2. The monoisotopic (exact) mass is 471 g/mol. The van der Waals surface area contributed by atoms with Crippen molar-refractivity contribution in [1.82, 2.24) is 20.0 Å². The fraction of sp³-hybridized carbons (Fsp3) is 0.0435. The molecule has 0 fully saturated rings. The molecule has 0 spiro atoms. The van der Waals surface area contributed by atoms with E-state index in [0.717, 1.165) is 4.88 Å². The van der Waals surface area contributed by atoms with Crippen molar-refractivity contribution in [2.75, 3.05) is 5.73 Å². The second-order valence-corrected chi connectivity index (χ2v) is 8.35. The number of para-hydroxylation sites is 2. The molecule has 2 aromatic carbocycles. The first-order valence-electron chi connectivity index (χ1n) is 10.2. The highest BCUT2D eigenvalue weighted by molar-refractivity contribution is 7.09. The molecule has 3 aromatic heterocycles. The number of aromatic nitrogens is 3. The molecule has 0 bridgehead atoms. The van der Waals surface area contributed by atoms with Crippen molar-refractivity contribution >= 4 is 57.2 Å². The van der Waals surface area contributed by atoms with Crippen molar-refractivity contribution in [3.8, 4) is 0 Å². The normalized spacial score (nSPS) is 11.4. The van der Waals surface area contributed by atoms with Crippen molar-refractivity contribution < 1.29 is 9.72 Å². The summed E-state index contributed by atoms with van der Waals surface area (Å²) in [6.45, 7) is 0.348. The van der Waals surface area contributed by atoms with Crippen molar-refractivity contribution in [3.05, 3.63) is 92.2 Å². The lowest BCUT2D eigenvalue weighted by Crippen LogP contribution is -2.23. The van der Waals surface area contributed by atoms with Crippen LogP contribution in [0.15, 0.2) is 71.1 Å². The van der Waals surface area contributed by atoms with E-state index in [4.69, 9.17) is 5.73 Å². The summed E-state index contributed by atoms with van der Waals surface area (Å²) in [5, 5.41) is 20.3. The average molecular weight is 472 g/mol. The first-order valence-corrected chi connectivity index (χ1v) is 11.1. The van der Waals surface area contributed by atoms with Gasteiger partial charge in [-0.3, -0.25) is 14.9 Å². The molecule has 5 rings (SSSR count). The number of fused-ring (bicyclic) bond motifs is 2. The molecule has 0 atom stereocenters. The molecule has 3 heterocycles. The van der Waals surface area contributed by atoms with Crippen LogP contribution in [0.2, 0.25) is 0 Å². The molecule has 0 unspecified atom stereocenters. The van der Waals surface area contributed by atoms with Crippen LogP contribution in [0, 0.1) is 10.1 Å². The summed E-state index contributed by atoms with van der Waals surface area (Å²) in [6.07, 6.45) is 1.42. The number of carbonyl (C=O) groups excluding carboxylic acids is 1. The number of benzene rings is 2. The number of thiophene rings is 1. The molecule has 0 aliphatic carbocycles. The standard InChI is InChI=1S/C23H17N7O3S/c24-21-19(23(31)25-13-16-7-4-10-34-16)20-22(28-18-9-2-1-8-17(18)27-20)29(21)26-12-14-5-3-6-15(11-14)30(32)33/h1-12H,13,24H2,(H,25,31)/b26-12-. The molecule has 1 amide bonds. The fourth-order valence-corrected chi connectivity index (χ4v) is 4.14. The number of hydrogen-bond acceptors (Lipinski definition) is 8. The van der Waals surface area contributed by atoms with E-state index < -0.39 is 10.8 Å². The van der Waals surface area contributed by atoms with Crippen LogP contribution in [0.4, 0.5) is 11.5 Å². The van der Waals surface area contributed by atoms with Gasteiger partial charge in [-0.05, 0) is 23.6 Å². The van der Waals surface area contributed by atoms with Gasteiger partial charge in [-0.15, -0.1) is 11.3 Å². The van der Waals surface area contributed by atoms with Gasteiger partial charge in [0.2, 0.25) is 0 Å². The number of anilines is 1. The summed E-state index contributed by atoms with van der Waals surface area (Å²) in [7, 11) is 0. The Labute approximate surface area is 196 Å². The number of nitro benzene ring substituents is 1. The molecule has 0 radical (unpaired) electrons. The van der Waals surface area contributed by atoms with Gasteiger partial charge in [0.25, 0.3) is 11.6 Å². The lowest BCUT2D eigenvalue weighted by atomic mass is 10.2. The number of amides is 1. The number of nitro groups is 1. The summed E-state index contributed by atoms with van der Waals surface area (Å²) >= 11 is 1.53. The molecule has 0 saturated carbocycles. The Balaban J connectivity index is 1.61. The molecule has 5 aromatic rings. The molecule has 10 nitrogen and oxygen atoms in total. The Bertz CT molecular complexity index is 1570. The lowest BCUT2D eigenvalue weighted by Gasteiger charge is -2.04. The third-order valence-electron chi connectivity index (χ3n) is 5.11. The first-order chi connectivity index (χ1) is 16.5. The second-order valence-electron chi connectivity index (χ2n) is 7.32. The molecule has 0 aliphatic heterocycles. The third kappa shape index (κ3) is 3.95. The van der Waals surface area contributed by atoms with Gasteiger partial charge in [-0.1, -0.05) is 30.3 Å². The van der Waals surface area contributed by atoms with Crippen molar-refractivity contribution in [1.29, 1.82) is 0 Å². The summed E-state index contributed by atoms with van der Waals surface area (Å²) in [5.74, 6) is -0.333. The van der Waals surface area contributed by atoms with E-state index in [1.807, 2.05) is 29.6 Å². The fourth-order valence-electron chi connectivity index (χ4n) is 3.50. The maximum atomic E-state index is 13.1.